The number of aryl methyl sites for hydroxylation is 1. The van der Waals surface area contributed by atoms with Gasteiger partial charge in [0.05, 0.1) is 13.2 Å². The zero-order valence-electron chi connectivity index (χ0n) is 19.5. The van der Waals surface area contributed by atoms with Gasteiger partial charge in [-0.3, -0.25) is 0 Å². The highest BCUT2D eigenvalue weighted by atomic mass is 19.1. The van der Waals surface area contributed by atoms with Crippen molar-refractivity contribution in [2.24, 2.45) is 0 Å². The van der Waals surface area contributed by atoms with Gasteiger partial charge in [0.15, 0.2) is 11.6 Å². The van der Waals surface area contributed by atoms with Crippen LogP contribution in [-0.4, -0.2) is 13.2 Å². The van der Waals surface area contributed by atoms with Crippen LogP contribution in [0.1, 0.15) is 89.2 Å². The lowest BCUT2D eigenvalue weighted by Gasteiger charge is -2.22. The molecule has 0 aliphatic heterocycles. The number of hydrogen-bond acceptors (Lipinski definition) is 2. The first-order chi connectivity index (χ1) is 15.2. The summed E-state index contributed by atoms with van der Waals surface area (Å²) in [4.78, 5) is 0. The van der Waals surface area contributed by atoms with Crippen LogP contribution < -0.4 is 9.47 Å². The van der Waals surface area contributed by atoms with E-state index in [-0.39, 0.29) is 5.82 Å². The van der Waals surface area contributed by atoms with Crippen molar-refractivity contribution in [2.75, 3.05) is 13.2 Å². The van der Waals surface area contributed by atoms with Gasteiger partial charge < -0.3 is 9.47 Å². The topological polar surface area (TPSA) is 18.5 Å². The van der Waals surface area contributed by atoms with Gasteiger partial charge in [-0.15, -0.1) is 0 Å². The fourth-order valence-corrected chi connectivity index (χ4v) is 4.38. The number of benzene rings is 2. The van der Waals surface area contributed by atoms with Crippen molar-refractivity contribution in [3.63, 3.8) is 0 Å². The summed E-state index contributed by atoms with van der Waals surface area (Å²) in [7, 11) is 0. The van der Waals surface area contributed by atoms with E-state index in [1.54, 1.807) is 6.07 Å². The predicted octanol–water partition coefficient (Wildman–Crippen LogP) is 8.29. The lowest BCUT2D eigenvalue weighted by molar-refractivity contribution is 0.290. The van der Waals surface area contributed by atoms with Gasteiger partial charge in [-0.05, 0) is 66.1 Å². The third-order valence-electron chi connectivity index (χ3n) is 6.24. The van der Waals surface area contributed by atoms with Crippen molar-refractivity contribution in [3.8, 4) is 22.6 Å². The Bertz CT molecular complexity index is 815. The first-order valence-electron chi connectivity index (χ1n) is 12.4. The van der Waals surface area contributed by atoms with Gasteiger partial charge in [0, 0.05) is 0 Å². The lowest BCUT2D eigenvalue weighted by atomic mass is 9.85. The summed E-state index contributed by atoms with van der Waals surface area (Å²) in [5, 5.41) is 0. The molecule has 2 aromatic rings. The summed E-state index contributed by atoms with van der Waals surface area (Å²) in [6.45, 7) is 5.77. The lowest BCUT2D eigenvalue weighted by Crippen LogP contribution is -2.09. The molecule has 0 saturated carbocycles. The molecule has 0 aromatic heterocycles. The van der Waals surface area contributed by atoms with Crippen LogP contribution in [0.15, 0.2) is 30.3 Å². The minimum Gasteiger partial charge on any atom is -0.494 e. The zero-order valence-corrected chi connectivity index (χ0v) is 19.5. The molecule has 1 aliphatic rings. The molecule has 3 rings (SSSR count). The SMILES string of the molecule is CCCCCCCCCOc1ccc2c(c1)CCc1c-2ccc(OCCCCC)c1F. The number of rotatable bonds is 14. The van der Waals surface area contributed by atoms with Gasteiger partial charge in [-0.2, -0.15) is 0 Å². The monoisotopic (exact) mass is 426 g/mol. The Balaban J connectivity index is 1.54. The van der Waals surface area contributed by atoms with Gasteiger partial charge in [0.2, 0.25) is 0 Å². The molecule has 0 unspecified atom stereocenters. The molecule has 0 heterocycles. The molecule has 2 nitrogen and oxygen atoms in total. The number of fused-ring (bicyclic) bond motifs is 3. The van der Waals surface area contributed by atoms with E-state index >= 15 is 4.39 Å². The standard InChI is InChI=1S/C28H39FO2/c1-3-5-7-8-9-10-12-19-30-23-14-16-24-22(21-23)13-15-26-25(24)17-18-27(28(26)29)31-20-11-6-4-2/h14,16-18,21H,3-13,15,19-20H2,1-2H3. The average Bonchev–Trinajstić information content (AvgIpc) is 2.79. The molecule has 2 aromatic carbocycles. The molecule has 0 bridgehead atoms. The van der Waals surface area contributed by atoms with E-state index in [1.807, 2.05) is 12.1 Å². The minimum atomic E-state index is -0.182. The van der Waals surface area contributed by atoms with Crippen LogP contribution >= 0.6 is 0 Å². The number of hydrogen-bond donors (Lipinski definition) is 0. The molecular weight excluding hydrogens is 387 g/mol. The Hall–Kier alpha value is -2.03. The summed E-state index contributed by atoms with van der Waals surface area (Å²) in [5.74, 6) is 1.15. The first-order valence-corrected chi connectivity index (χ1v) is 12.4. The largest absolute Gasteiger partial charge is 0.494 e. The van der Waals surface area contributed by atoms with Crippen LogP contribution in [0.4, 0.5) is 4.39 Å². The fourth-order valence-electron chi connectivity index (χ4n) is 4.38. The van der Waals surface area contributed by atoms with E-state index in [0.717, 1.165) is 61.2 Å². The Labute approximate surface area is 188 Å². The Kier molecular flexibility index (Phi) is 9.71. The zero-order chi connectivity index (χ0) is 21.9. The summed E-state index contributed by atoms with van der Waals surface area (Å²) in [5.41, 5.74) is 4.16. The summed E-state index contributed by atoms with van der Waals surface area (Å²) >= 11 is 0. The van der Waals surface area contributed by atoms with Gasteiger partial charge >= 0.3 is 0 Å². The second-order valence-electron chi connectivity index (χ2n) is 8.75. The molecule has 0 amide bonds. The van der Waals surface area contributed by atoms with Crippen LogP contribution in [0.3, 0.4) is 0 Å². The van der Waals surface area contributed by atoms with E-state index in [0.29, 0.717) is 18.8 Å². The van der Waals surface area contributed by atoms with Gasteiger partial charge in [0.1, 0.15) is 5.75 Å². The number of unbranched alkanes of at least 4 members (excludes halogenated alkanes) is 8. The molecule has 1 aliphatic carbocycles. The molecule has 0 atom stereocenters. The Morgan fingerprint density at radius 3 is 2.16 bits per heavy atom. The quantitative estimate of drug-likeness (QED) is 0.283. The smallest absolute Gasteiger partial charge is 0.168 e. The minimum absolute atomic E-state index is 0.182. The molecule has 170 valence electrons. The van der Waals surface area contributed by atoms with Crippen molar-refractivity contribution >= 4 is 0 Å². The maximum absolute atomic E-state index is 15.0. The van der Waals surface area contributed by atoms with E-state index in [2.05, 4.69) is 26.0 Å². The Morgan fingerprint density at radius 1 is 0.710 bits per heavy atom. The second kappa shape index (κ2) is 12.7. The summed E-state index contributed by atoms with van der Waals surface area (Å²) in [6.07, 6.45) is 13.8. The van der Waals surface area contributed by atoms with Crippen molar-refractivity contribution < 1.29 is 13.9 Å². The van der Waals surface area contributed by atoms with E-state index in [4.69, 9.17) is 9.47 Å². The first kappa shape index (κ1) is 23.6. The number of ether oxygens (including phenoxy) is 2. The van der Waals surface area contributed by atoms with Crippen LogP contribution in [0.2, 0.25) is 0 Å². The van der Waals surface area contributed by atoms with Crippen LogP contribution in [0.25, 0.3) is 11.1 Å². The van der Waals surface area contributed by atoms with Gasteiger partial charge in [-0.1, -0.05) is 77.3 Å². The predicted molar refractivity (Wildman–Crippen MR) is 128 cm³/mol. The molecule has 0 saturated heterocycles. The maximum atomic E-state index is 15.0. The highest BCUT2D eigenvalue weighted by Crippen LogP contribution is 2.39. The molecule has 0 spiro atoms. The van der Waals surface area contributed by atoms with Gasteiger partial charge in [-0.25, -0.2) is 4.39 Å². The summed E-state index contributed by atoms with van der Waals surface area (Å²) in [6, 6.07) is 10.1. The highest BCUT2D eigenvalue weighted by Gasteiger charge is 2.22. The molecular formula is C28H39FO2. The van der Waals surface area contributed by atoms with Crippen molar-refractivity contribution in [2.45, 2.75) is 90.9 Å². The van der Waals surface area contributed by atoms with Crippen LogP contribution in [0, 0.1) is 5.82 Å². The molecule has 0 N–H and O–H groups in total. The fraction of sp³-hybridized carbons (Fsp3) is 0.571. The molecule has 3 heteroatoms. The molecule has 0 radical (unpaired) electrons. The van der Waals surface area contributed by atoms with Crippen molar-refractivity contribution in [1.82, 2.24) is 0 Å². The van der Waals surface area contributed by atoms with Crippen molar-refractivity contribution in [3.05, 3.63) is 47.3 Å². The third kappa shape index (κ3) is 6.72. The normalized spacial score (nSPS) is 12.4. The second-order valence-corrected chi connectivity index (χ2v) is 8.75. The third-order valence-corrected chi connectivity index (χ3v) is 6.24. The Morgan fingerprint density at radius 2 is 1.35 bits per heavy atom. The van der Waals surface area contributed by atoms with Crippen LogP contribution in [0.5, 0.6) is 11.5 Å². The number of halogens is 1. The molecule has 31 heavy (non-hydrogen) atoms. The van der Waals surface area contributed by atoms with Crippen molar-refractivity contribution in [1.29, 1.82) is 0 Å². The van der Waals surface area contributed by atoms with Gasteiger partial charge in [0.25, 0.3) is 0 Å². The van der Waals surface area contributed by atoms with Crippen LogP contribution in [-0.2, 0) is 12.8 Å². The average molecular weight is 427 g/mol. The van der Waals surface area contributed by atoms with E-state index in [1.165, 1.54) is 44.1 Å². The summed E-state index contributed by atoms with van der Waals surface area (Å²) < 4.78 is 26.7. The highest BCUT2D eigenvalue weighted by molar-refractivity contribution is 5.75. The maximum Gasteiger partial charge on any atom is 0.168 e. The van der Waals surface area contributed by atoms with E-state index in [9.17, 15) is 0 Å². The molecule has 0 fully saturated rings. The van der Waals surface area contributed by atoms with E-state index < -0.39 is 0 Å².